The molecule has 3 aliphatic carbocycles. The first kappa shape index (κ1) is 14.6. The SMILES string of the molecule is O=C(Cn1cnc2sc3c(c2c1=O)CCC3)NC(C1CC1)C1CC1. The van der Waals surface area contributed by atoms with E-state index in [4.69, 9.17) is 0 Å². The molecule has 0 radical (unpaired) electrons. The van der Waals surface area contributed by atoms with Gasteiger partial charge in [0.05, 0.1) is 11.7 Å². The van der Waals surface area contributed by atoms with Gasteiger partial charge >= 0.3 is 0 Å². The second-order valence-corrected chi connectivity index (χ2v) is 8.57. The normalized spacial score (nSPS) is 19.9. The maximum Gasteiger partial charge on any atom is 0.262 e. The molecule has 0 atom stereocenters. The van der Waals surface area contributed by atoms with Crippen LogP contribution < -0.4 is 10.9 Å². The molecule has 5 rings (SSSR count). The van der Waals surface area contributed by atoms with Crippen LogP contribution in [-0.2, 0) is 24.2 Å². The third-order valence-corrected chi connectivity index (χ3v) is 6.79. The van der Waals surface area contributed by atoms with Crippen molar-refractivity contribution in [3.05, 3.63) is 27.1 Å². The van der Waals surface area contributed by atoms with Crippen LogP contribution in [0, 0.1) is 11.8 Å². The Hall–Kier alpha value is -1.69. The van der Waals surface area contributed by atoms with E-state index in [1.165, 1.54) is 40.7 Å². The Morgan fingerprint density at radius 3 is 2.75 bits per heavy atom. The van der Waals surface area contributed by atoms with Gasteiger partial charge in [0.25, 0.3) is 5.56 Å². The molecular weight excluding hydrogens is 322 g/mol. The van der Waals surface area contributed by atoms with Crippen molar-refractivity contribution < 1.29 is 4.79 Å². The van der Waals surface area contributed by atoms with E-state index in [2.05, 4.69) is 10.3 Å². The van der Waals surface area contributed by atoms with E-state index in [1.807, 2.05) is 0 Å². The van der Waals surface area contributed by atoms with Gasteiger partial charge in [0.1, 0.15) is 11.4 Å². The number of carbonyl (C=O) groups excluding carboxylic acids is 1. The van der Waals surface area contributed by atoms with Gasteiger partial charge in [-0.1, -0.05) is 0 Å². The summed E-state index contributed by atoms with van der Waals surface area (Å²) in [6.07, 6.45) is 9.61. The lowest BCUT2D eigenvalue weighted by Gasteiger charge is -2.18. The zero-order valence-corrected chi connectivity index (χ0v) is 14.4. The highest BCUT2D eigenvalue weighted by Crippen LogP contribution is 2.44. The van der Waals surface area contributed by atoms with Crippen molar-refractivity contribution in [1.29, 1.82) is 0 Å². The summed E-state index contributed by atoms with van der Waals surface area (Å²) in [5.41, 5.74) is 1.13. The van der Waals surface area contributed by atoms with E-state index in [0.717, 1.165) is 29.5 Å². The van der Waals surface area contributed by atoms with Crippen LogP contribution in [0.5, 0.6) is 0 Å². The first-order chi connectivity index (χ1) is 11.7. The van der Waals surface area contributed by atoms with Crippen LogP contribution in [0.2, 0.25) is 0 Å². The molecule has 2 fully saturated rings. The van der Waals surface area contributed by atoms with Crippen molar-refractivity contribution in [1.82, 2.24) is 14.9 Å². The van der Waals surface area contributed by atoms with E-state index in [0.29, 0.717) is 17.9 Å². The number of thiophene rings is 1. The Morgan fingerprint density at radius 1 is 1.29 bits per heavy atom. The van der Waals surface area contributed by atoms with Crippen molar-refractivity contribution in [2.45, 2.75) is 57.5 Å². The molecular formula is C18H21N3O2S. The zero-order valence-electron chi connectivity index (χ0n) is 13.6. The van der Waals surface area contributed by atoms with Gasteiger partial charge in [-0.25, -0.2) is 4.98 Å². The zero-order chi connectivity index (χ0) is 16.3. The summed E-state index contributed by atoms with van der Waals surface area (Å²) in [6, 6.07) is 0.329. The smallest absolute Gasteiger partial charge is 0.262 e. The minimum atomic E-state index is -0.0519. The van der Waals surface area contributed by atoms with Crippen molar-refractivity contribution >= 4 is 27.5 Å². The standard InChI is InChI=1S/C18H21N3O2S/c22-14(20-16(10-4-5-10)11-6-7-11)8-21-9-19-17-15(18(21)23)12-2-1-3-13(12)24-17/h9-11,16H,1-8H2,(H,20,22). The first-order valence-electron chi connectivity index (χ1n) is 9.00. The third kappa shape index (κ3) is 2.48. The fourth-order valence-corrected chi connectivity index (χ4v) is 5.27. The maximum absolute atomic E-state index is 12.8. The molecule has 0 aliphatic heterocycles. The Kier molecular flexibility index (Phi) is 3.30. The minimum absolute atomic E-state index is 0.0473. The largest absolute Gasteiger partial charge is 0.351 e. The topological polar surface area (TPSA) is 64.0 Å². The van der Waals surface area contributed by atoms with Gasteiger partial charge in [0, 0.05) is 10.9 Å². The van der Waals surface area contributed by atoms with Gasteiger partial charge in [-0.05, 0) is 62.3 Å². The molecule has 1 amide bonds. The van der Waals surface area contributed by atoms with Crippen LogP contribution in [-0.4, -0.2) is 21.5 Å². The number of rotatable bonds is 5. The molecule has 2 aromatic heterocycles. The summed E-state index contributed by atoms with van der Waals surface area (Å²) in [7, 11) is 0. The fourth-order valence-electron chi connectivity index (χ4n) is 4.05. The number of amides is 1. The van der Waals surface area contributed by atoms with Crippen molar-refractivity contribution in [3.8, 4) is 0 Å². The van der Waals surface area contributed by atoms with Crippen molar-refractivity contribution in [3.63, 3.8) is 0 Å². The van der Waals surface area contributed by atoms with Crippen LogP contribution in [0.1, 0.15) is 42.5 Å². The molecule has 0 bridgehead atoms. The van der Waals surface area contributed by atoms with Gasteiger partial charge in [-0.2, -0.15) is 0 Å². The number of fused-ring (bicyclic) bond motifs is 3. The van der Waals surface area contributed by atoms with Crippen LogP contribution in [0.15, 0.2) is 11.1 Å². The highest BCUT2D eigenvalue weighted by Gasteiger charge is 2.42. The predicted molar refractivity (Wildman–Crippen MR) is 93.3 cm³/mol. The van der Waals surface area contributed by atoms with Crippen LogP contribution >= 0.6 is 11.3 Å². The summed E-state index contributed by atoms with van der Waals surface area (Å²) in [4.78, 5) is 31.8. The predicted octanol–water partition coefficient (Wildman–Crippen LogP) is 2.25. The van der Waals surface area contributed by atoms with E-state index < -0.39 is 0 Å². The summed E-state index contributed by atoms with van der Waals surface area (Å²) < 4.78 is 1.49. The number of nitrogens with zero attached hydrogens (tertiary/aromatic N) is 2. The highest BCUT2D eigenvalue weighted by atomic mass is 32.1. The average Bonchev–Trinajstić information content (AvgIpc) is 3.47. The quantitative estimate of drug-likeness (QED) is 0.906. The molecule has 0 saturated heterocycles. The summed E-state index contributed by atoms with van der Waals surface area (Å²) in [6.45, 7) is 0.0856. The second-order valence-electron chi connectivity index (χ2n) is 7.48. The van der Waals surface area contributed by atoms with E-state index in [9.17, 15) is 9.59 Å². The number of carbonyl (C=O) groups is 1. The fraction of sp³-hybridized carbons (Fsp3) is 0.611. The van der Waals surface area contributed by atoms with Gasteiger partial charge in [-0.15, -0.1) is 11.3 Å². The first-order valence-corrected chi connectivity index (χ1v) is 9.81. The van der Waals surface area contributed by atoms with Crippen LogP contribution in [0.25, 0.3) is 10.2 Å². The molecule has 3 aliphatic rings. The Labute approximate surface area is 144 Å². The monoisotopic (exact) mass is 343 g/mol. The van der Waals surface area contributed by atoms with E-state index >= 15 is 0 Å². The van der Waals surface area contributed by atoms with Crippen LogP contribution in [0.4, 0.5) is 0 Å². The number of hydrogen-bond donors (Lipinski definition) is 1. The molecule has 0 spiro atoms. The second kappa shape index (κ2) is 5.41. The lowest BCUT2D eigenvalue weighted by atomic mass is 10.1. The third-order valence-electron chi connectivity index (χ3n) is 5.59. The number of nitrogens with one attached hydrogen (secondary N) is 1. The maximum atomic E-state index is 12.8. The minimum Gasteiger partial charge on any atom is -0.351 e. The highest BCUT2D eigenvalue weighted by molar-refractivity contribution is 7.18. The number of aromatic nitrogens is 2. The molecule has 2 heterocycles. The summed E-state index contributed by atoms with van der Waals surface area (Å²) in [5, 5.41) is 3.94. The summed E-state index contributed by atoms with van der Waals surface area (Å²) in [5.74, 6) is 1.28. The molecule has 5 nitrogen and oxygen atoms in total. The Balaban J connectivity index is 1.39. The van der Waals surface area contributed by atoms with Gasteiger partial charge in [0.15, 0.2) is 0 Å². The van der Waals surface area contributed by atoms with Gasteiger partial charge in [-0.3, -0.25) is 14.2 Å². The molecule has 126 valence electrons. The lowest BCUT2D eigenvalue weighted by molar-refractivity contribution is -0.122. The van der Waals surface area contributed by atoms with Gasteiger partial charge < -0.3 is 5.32 Å². The Morgan fingerprint density at radius 2 is 2.04 bits per heavy atom. The van der Waals surface area contributed by atoms with Crippen LogP contribution in [0.3, 0.4) is 0 Å². The molecule has 0 unspecified atom stereocenters. The average molecular weight is 343 g/mol. The Bertz CT molecular complexity index is 864. The number of hydrogen-bond acceptors (Lipinski definition) is 4. The molecule has 0 aromatic carbocycles. The molecule has 2 saturated carbocycles. The number of aryl methyl sites for hydroxylation is 2. The van der Waals surface area contributed by atoms with Gasteiger partial charge in [0.2, 0.25) is 5.91 Å². The molecule has 24 heavy (non-hydrogen) atoms. The van der Waals surface area contributed by atoms with Crippen molar-refractivity contribution in [2.24, 2.45) is 11.8 Å². The molecule has 6 heteroatoms. The lowest BCUT2D eigenvalue weighted by Crippen LogP contribution is -2.41. The molecule has 2 aromatic rings. The summed E-state index contributed by atoms with van der Waals surface area (Å²) >= 11 is 1.64. The molecule has 1 N–H and O–H groups in total. The van der Waals surface area contributed by atoms with Crippen molar-refractivity contribution in [2.75, 3.05) is 0 Å². The van der Waals surface area contributed by atoms with E-state index in [-0.39, 0.29) is 18.0 Å². The van der Waals surface area contributed by atoms with E-state index in [1.54, 1.807) is 17.7 Å².